The SMILES string of the molecule is O=C1CC2(CCN(C(=O)CCOc3ccccc3)CC2)Oc2ccc(Cl)cc21. The van der Waals surface area contributed by atoms with Gasteiger partial charge in [0, 0.05) is 31.0 Å². The molecule has 0 radical (unpaired) electrons. The van der Waals surface area contributed by atoms with Crippen molar-refractivity contribution in [2.24, 2.45) is 0 Å². The number of carbonyl (C=O) groups is 2. The summed E-state index contributed by atoms with van der Waals surface area (Å²) in [5.74, 6) is 1.48. The molecule has 28 heavy (non-hydrogen) atoms. The van der Waals surface area contributed by atoms with Gasteiger partial charge in [-0.2, -0.15) is 0 Å². The van der Waals surface area contributed by atoms with Gasteiger partial charge in [0.25, 0.3) is 0 Å². The van der Waals surface area contributed by atoms with E-state index in [-0.39, 0.29) is 11.7 Å². The van der Waals surface area contributed by atoms with Gasteiger partial charge in [-0.3, -0.25) is 9.59 Å². The lowest BCUT2D eigenvalue weighted by Crippen LogP contribution is -2.52. The standard InChI is InChI=1S/C22H22ClNO4/c23-16-6-7-20-18(14-16)19(25)15-22(28-20)9-11-24(12-10-22)21(26)8-13-27-17-4-2-1-3-5-17/h1-7,14H,8-13,15H2. The normalized spacial score (nSPS) is 17.8. The number of para-hydroxylation sites is 1. The number of amides is 1. The van der Waals surface area contributed by atoms with Gasteiger partial charge in [0.1, 0.15) is 17.1 Å². The third-order valence-electron chi connectivity index (χ3n) is 5.41. The number of hydrogen-bond acceptors (Lipinski definition) is 4. The quantitative estimate of drug-likeness (QED) is 0.775. The molecule has 0 atom stereocenters. The van der Waals surface area contributed by atoms with Crippen LogP contribution in [0.3, 0.4) is 0 Å². The Bertz CT molecular complexity index is 875. The molecule has 2 aromatic carbocycles. The molecule has 0 aromatic heterocycles. The number of Topliss-reactive ketones (excluding diaryl/α,β-unsaturated/α-hetero) is 1. The zero-order chi connectivity index (χ0) is 19.6. The fraction of sp³-hybridized carbons (Fsp3) is 0.364. The molecule has 2 heterocycles. The molecule has 0 unspecified atom stereocenters. The minimum atomic E-state index is -0.519. The second kappa shape index (κ2) is 7.84. The number of nitrogens with zero attached hydrogens (tertiary/aromatic N) is 1. The van der Waals surface area contributed by atoms with Gasteiger partial charge in [-0.05, 0) is 30.3 Å². The summed E-state index contributed by atoms with van der Waals surface area (Å²) in [5, 5.41) is 0.532. The number of halogens is 1. The first-order chi connectivity index (χ1) is 13.5. The molecular weight excluding hydrogens is 378 g/mol. The summed E-state index contributed by atoms with van der Waals surface area (Å²) >= 11 is 5.99. The smallest absolute Gasteiger partial charge is 0.226 e. The summed E-state index contributed by atoms with van der Waals surface area (Å²) in [7, 11) is 0. The molecule has 1 saturated heterocycles. The molecule has 0 N–H and O–H groups in total. The molecule has 2 aliphatic heterocycles. The highest BCUT2D eigenvalue weighted by Gasteiger charge is 2.43. The maximum absolute atomic E-state index is 12.6. The average molecular weight is 400 g/mol. The van der Waals surface area contributed by atoms with Crippen molar-refractivity contribution in [2.45, 2.75) is 31.3 Å². The van der Waals surface area contributed by atoms with E-state index in [1.165, 1.54) is 0 Å². The van der Waals surface area contributed by atoms with Crippen molar-refractivity contribution in [3.8, 4) is 11.5 Å². The van der Waals surface area contributed by atoms with Crippen molar-refractivity contribution < 1.29 is 19.1 Å². The number of ether oxygens (including phenoxy) is 2. The number of benzene rings is 2. The molecule has 0 bridgehead atoms. The first-order valence-corrected chi connectivity index (χ1v) is 9.90. The van der Waals surface area contributed by atoms with Crippen LogP contribution in [0.4, 0.5) is 0 Å². The van der Waals surface area contributed by atoms with Crippen LogP contribution in [-0.4, -0.2) is 41.9 Å². The Labute approximate surface area is 169 Å². The van der Waals surface area contributed by atoms with Gasteiger partial charge in [-0.15, -0.1) is 0 Å². The Morgan fingerprint density at radius 1 is 1.14 bits per heavy atom. The monoisotopic (exact) mass is 399 g/mol. The van der Waals surface area contributed by atoms with E-state index in [1.807, 2.05) is 35.2 Å². The summed E-state index contributed by atoms with van der Waals surface area (Å²) in [6.45, 7) is 1.52. The summed E-state index contributed by atoms with van der Waals surface area (Å²) in [5.41, 5.74) is 0.0320. The zero-order valence-corrected chi connectivity index (χ0v) is 16.3. The van der Waals surface area contributed by atoms with Gasteiger partial charge < -0.3 is 14.4 Å². The fourth-order valence-electron chi connectivity index (χ4n) is 3.84. The molecule has 1 amide bonds. The Morgan fingerprint density at radius 3 is 2.64 bits per heavy atom. The van der Waals surface area contributed by atoms with E-state index in [0.717, 1.165) is 5.75 Å². The lowest BCUT2D eigenvalue weighted by atomic mass is 9.82. The van der Waals surface area contributed by atoms with Crippen LogP contribution in [0, 0.1) is 0 Å². The zero-order valence-electron chi connectivity index (χ0n) is 15.5. The minimum absolute atomic E-state index is 0.0554. The lowest BCUT2D eigenvalue weighted by molar-refractivity contribution is -0.135. The van der Waals surface area contributed by atoms with Crippen molar-refractivity contribution in [1.29, 1.82) is 0 Å². The topological polar surface area (TPSA) is 55.8 Å². The molecule has 146 valence electrons. The number of rotatable bonds is 4. The van der Waals surface area contributed by atoms with Gasteiger partial charge in [-0.1, -0.05) is 29.8 Å². The van der Waals surface area contributed by atoms with Crippen LogP contribution < -0.4 is 9.47 Å². The predicted octanol–water partition coefficient (Wildman–Crippen LogP) is 4.14. The molecule has 1 spiro atoms. The van der Waals surface area contributed by atoms with Crippen LogP contribution in [0.2, 0.25) is 5.02 Å². The highest BCUT2D eigenvalue weighted by atomic mass is 35.5. The lowest BCUT2D eigenvalue weighted by Gasteiger charge is -2.44. The van der Waals surface area contributed by atoms with Gasteiger partial charge in [0.05, 0.1) is 25.0 Å². The summed E-state index contributed by atoms with van der Waals surface area (Å²) < 4.78 is 11.8. The average Bonchev–Trinajstić information content (AvgIpc) is 2.70. The van der Waals surface area contributed by atoms with Crippen LogP contribution in [0.25, 0.3) is 0 Å². The fourth-order valence-corrected chi connectivity index (χ4v) is 4.01. The number of carbonyl (C=O) groups excluding carboxylic acids is 2. The second-order valence-corrected chi connectivity index (χ2v) is 7.75. The summed E-state index contributed by atoms with van der Waals surface area (Å²) in [6, 6.07) is 14.6. The first kappa shape index (κ1) is 18.8. The van der Waals surface area contributed by atoms with Gasteiger partial charge in [0.2, 0.25) is 5.91 Å². The summed E-state index contributed by atoms with van der Waals surface area (Å²) in [4.78, 5) is 26.9. The third kappa shape index (κ3) is 3.99. The number of piperidine rings is 1. The number of fused-ring (bicyclic) bond motifs is 1. The second-order valence-electron chi connectivity index (χ2n) is 7.32. The summed E-state index contributed by atoms with van der Waals surface area (Å²) in [6.07, 6.45) is 1.96. The third-order valence-corrected chi connectivity index (χ3v) is 5.64. The van der Waals surface area contributed by atoms with E-state index in [4.69, 9.17) is 21.1 Å². The van der Waals surface area contributed by atoms with E-state index in [9.17, 15) is 9.59 Å². The molecular formula is C22H22ClNO4. The Hall–Kier alpha value is -2.53. The largest absolute Gasteiger partial charge is 0.493 e. The maximum Gasteiger partial charge on any atom is 0.226 e. The van der Waals surface area contributed by atoms with Crippen LogP contribution in [0.15, 0.2) is 48.5 Å². The Morgan fingerprint density at radius 2 is 1.89 bits per heavy atom. The maximum atomic E-state index is 12.6. The van der Waals surface area contributed by atoms with E-state index < -0.39 is 5.60 Å². The van der Waals surface area contributed by atoms with Crippen LogP contribution in [-0.2, 0) is 4.79 Å². The van der Waals surface area contributed by atoms with Crippen molar-refractivity contribution >= 4 is 23.3 Å². The minimum Gasteiger partial charge on any atom is -0.493 e. The van der Waals surface area contributed by atoms with Gasteiger partial charge in [0.15, 0.2) is 5.78 Å². The molecule has 0 aliphatic carbocycles. The van der Waals surface area contributed by atoms with Gasteiger partial charge in [-0.25, -0.2) is 0 Å². The van der Waals surface area contributed by atoms with E-state index in [1.54, 1.807) is 18.2 Å². The predicted molar refractivity (Wildman–Crippen MR) is 106 cm³/mol. The van der Waals surface area contributed by atoms with E-state index in [0.29, 0.717) is 61.7 Å². The molecule has 0 saturated carbocycles. The van der Waals surface area contributed by atoms with Crippen molar-refractivity contribution in [3.63, 3.8) is 0 Å². The molecule has 1 fully saturated rings. The van der Waals surface area contributed by atoms with E-state index in [2.05, 4.69) is 0 Å². The van der Waals surface area contributed by atoms with Crippen molar-refractivity contribution in [1.82, 2.24) is 4.90 Å². The van der Waals surface area contributed by atoms with Crippen molar-refractivity contribution in [3.05, 3.63) is 59.1 Å². The van der Waals surface area contributed by atoms with Crippen LogP contribution in [0.1, 0.15) is 36.0 Å². The highest BCUT2D eigenvalue weighted by Crippen LogP contribution is 2.40. The number of hydrogen-bond donors (Lipinski definition) is 0. The Balaban J connectivity index is 1.31. The molecule has 4 rings (SSSR count). The van der Waals surface area contributed by atoms with Crippen molar-refractivity contribution in [2.75, 3.05) is 19.7 Å². The van der Waals surface area contributed by atoms with E-state index >= 15 is 0 Å². The first-order valence-electron chi connectivity index (χ1n) is 9.52. The van der Waals surface area contributed by atoms with Crippen LogP contribution in [0.5, 0.6) is 11.5 Å². The molecule has 6 heteroatoms. The Kier molecular flexibility index (Phi) is 5.27. The number of likely N-dealkylation sites (tertiary alicyclic amines) is 1. The molecule has 2 aliphatic rings. The van der Waals surface area contributed by atoms with Gasteiger partial charge >= 0.3 is 0 Å². The molecule has 2 aromatic rings. The number of ketones is 1. The van der Waals surface area contributed by atoms with Crippen LogP contribution >= 0.6 is 11.6 Å². The highest BCUT2D eigenvalue weighted by molar-refractivity contribution is 6.31. The molecule has 5 nitrogen and oxygen atoms in total.